The van der Waals surface area contributed by atoms with Crippen LogP contribution in [0, 0.1) is 16.7 Å². The monoisotopic (exact) mass is 241 g/mol. The molecule has 1 aromatic rings. The number of carbonyl (C=O) groups excluding carboxylic acids is 1. The lowest BCUT2D eigenvalue weighted by atomic mass is 9.80. The van der Waals surface area contributed by atoms with Crippen LogP contribution in [0.5, 0.6) is 5.75 Å². The van der Waals surface area contributed by atoms with Gasteiger partial charge in [0, 0.05) is 19.3 Å². The Bertz CT molecular complexity index is 507. The number of benzene rings is 1. The third kappa shape index (κ3) is 1.69. The maximum Gasteiger partial charge on any atom is 0.153 e. The van der Waals surface area contributed by atoms with Crippen LogP contribution >= 0.6 is 0 Å². The molecule has 3 rings (SSSR count). The van der Waals surface area contributed by atoms with E-state index in [0.29, 0.717) is 19.3 Å². The van der Waals surface area contributed by atoms with Gasteiger partial charge in [0.1, 0.15) is 17.3 Å². The zero-order chi connectivity index (χ0) is 12.6. The summed E-state index contributed by atoms with van der Waals surface area (Å²) in [4.78, 5) is 11.9. The minimum absolute atomic E-state index is 0.0240. The zero-order valence-electron chi connectivity index (χ0n) is 10.2. The summed E-state index contributed by atoms with van der Waals surface area (Å²) in [6.07, 6.45) is 3.41. The van der Waals surface area contributed by atoms with Crippen molar-refractivity contribution in [1.29, 1.82) is 5.26 Å². The van der Waals surface area contributed by atoms with E-state index in [1.807, 2.05) is 24.3 Å². The van der Waals surface area contributed by atoms with Crippen molar-refractivity contribution in [3.8, 4) is 11.8 Å². The van der Waals surface area contributed by atoms with Gasteiger partial charge < -0.3 is 4.74 Å². The third-order valence-corrected chi connectivity index (χ3v) is 4.05. The molecule has 1 aliphatic heterocycles. The molecule has 0 aromatic heterocycles. The first-order valence-corrected chi connectivity index (χ1v) is 6.43. The smallest absolute Gasteiger partial charge is 0.153 e. The van der Waals surface area contributed by atoms with E-state index in [1.54, 1.807) is 0 Å². The van der Waals surface area contributed by atoms with E-state index in [9.17, 15) is 10.1 Å². The number of hydrogen-bond donors (Lipinski definition) is 0. The van der Waals surface area contributed by atoms with E-state index in [0.717, 1.165) is 18.6 Å². The van der Waals surface area contributed by atoms with E-state index in [2.05, 4.69) is 6.07 Å². The SMILES string of the molecule is N#CC1(CC2Cc3ccccc3O2)CCCC1=O. The molecule has 0 N–H and O–H groups in total. The Morgan fingerprint density at radius 3 is 2.94 bits per heavy atom. The summed E-state index contributed by atoms with van der Waals surface area (Å²) in [6.45, 7) is 0. The standard InChI is InChI=1S/C15H15NO2/c16-10-15(7-3-6-14(15)17)9-12-8-11-4-1-2-5-13(11)18-12/h1-2,4-5,12H,3,6-9H2. The van der Waals surface area contributed by atoms with Gasteiger partial charge in [0.25, 0.3) is 0 Å². The molecule has 2 aliphatic rings. The fourth-order valence-electron chi connectivity index (χ4n) is 3.07. The highest BCUT2D eigenvalue weighted by Gasteiger charge is 2.45. The fraction of sp³-hybridized carbons (Fsp3) is 0.467. The summed E-state index contributed by atoms with van der Waals surface area (Å²) in [5.41, 5.74) is 0.397. The minimum Gasteiger partial charge on any atom is -0.490 e. The Morgan fingerprint density at radius 2 is 2.28 bits per heavy atom. The second-order valence-corrected chi connectivity index (χ2v) is 5.23. The number of rotatable bonds is 2. The third-order valence-electron chi connectivity index (χ3n) is 4.05. The first kappa shape index (κ1) is 11.3. The molecule has 0 bridgehead atoms. The van der Waals surface area contributed by atoms with Gasteiger partial charge in [0.05, 0.1) is 6.07 Å². The van der Waals surface area contributed by atoms with Crippen molar-refractivity contribution >= 4 is 5.78 Å². The van der Waals surface area contributed by atoms with Crippen LogP contribution in [0.4, 0.5) is 0 Å². The van der Waals surface area contributed by atoms with Crippen molar-refractivity contribution in [3.05, 3.63) is 29.8 Å². The lowest BCUT2D eigenvalue weighted by Crippen LogP contribution is -2.31. The van der Waals surface area contributed by atoms with Crippen LogP contribution < -0.4 is 4.74 Å². The Morgan fingerprint density at radius 1 is 1.44 bits per heavy atom. The van der Waals surface area contributed by atoms with Gasteiger partial charge in [-0.05, 0) is 24.5 Å². The molecule has 3 nitrogen and oxygen atoms in total. The van der Waals surface area contributed by atoms with Gasteiger partial charge in [-0.3, -0.25) is 4.79 Å². The lowest BCUT2D eigenvalue weighted by molar-refractivity contribution is -0.124. The molecule has 1 aliphatic carbocycles. The van der Waals surface area contributed by atoms with Crippen molar-refractivity contribution < 1.29 is 9.53 Å². The predicted molar refractivity (Wildman–Crippen MR) is 66.1 cm³/mol. The molecule has 3 heteroatoms. The maximum absolute atomic E-state index is 11.9. The number of nitriles is 1. The van der Waals surface area contributed by atoms with Crippen LogP contribution in [-0.2, 0) is 11.2 Å². The highest BCUT2D eigenvalue weighted by Crippen LogP contribution is 2.41. The van der Waals surface area contributed by atoms with Crippen LogP contribution in [0.2, 0.25) is 0 Å². The van der Waals surface area contributed by atoms with Crippen molar-refractivity contribution in [2.75, 3.05) is 0 Å². The van der Waals surface area contributed by atoms with Gasteiger partial charge in [-0.1, -0.05) is 18.2 Å². The van der Waals surface area contributed by atoms with Gasteiger partial charge in [0.15, 0.2) is 5.78 Å². The summed E-state index contributed by atoms with van der Waals surface area (Å²) in [5, 5.41) is 9.34. The van der Waals surface area contributed by atoms with Crippen LogP contribution in [-0.4, -0.2) is 11.9 Å². The summed E-state index contributed by atoms with van der Waals surface area (Å²) < 4.78 is 5.84. The minimum atomic E-state index is -0.785. The average Bonchev–Trinajstić information content (AvgIpc) is 2.94. The van der Waals surface area contributed by atoms with Crippen molar-refractivity contribution in [2.24, 2.45) is 5.41 Å². The Kier molecular flexibility index (Phi) is 2.59. The Labute approximate surface area is 106 Å². The molecular weight excluding hydrogens is 226 g/mol. The first-order valence-electron chi connectivity index (χ1n) is 6.43. The molecule has 1 saturated carbocycles. The normalized spacial score (nSPS) is 29.7. The number of carbonyl (C=O) groups is 1. The summed E-state index contributed by atoms with van der Waals surface area (Å²) >= 11 is 0. The summed E-state index contributed by atoms with van der Waals surface area (Å²) in [5.74, 6) is 1.01. The molecule has 1 heterocycles. The molecular formula is C15H15NO2. The predicted octanol–water partition coefficient (Wildman–Crippen LogP) is 2.64. The molecule has 2 unspecified atom stereocenters. The van der Waals surface area contributed by atoms with Crippen LogP contribution in [0.15, 0.2) is 24.3 Å². The van der Waals surface area contributed by atoms with Gasteiger partial charge in [0.2, 0.25) is 0 Å². The van der Waals surface area contributed by atoms with Crippen LogP contribution in [0.3, 0.4) is 0 Å². The van der Waals surface area contributed by atoms with Crippen LogP contribution in [0.1, 0.15) is 31.2 Å². The molecule has 0 amide bonds. The van der Waals surface area contributed by atoms with Gasteiger partial charge in [-0.25, -0.2) is 0 Å². The highest BCUT2D eigenvalue weighted by atomic mass is 16.5. The molecule has 18 heavy (non-hydrogen) atoms. The zero-order valence-corrected chi connectivity index (χ0v) is 10.2. The largest absolute Gasteiger partial charge is 0.490 e. The number of Topliss-reactive ketones (excluding diaryl/α,β-unsaturated/α-hetero) is 1. The van der Waals surface area contributed by atoms with Crippen molar-refractivity contribution in [2.45, 2.75) is 38.2 Å². The quantitative estimate of drug-likeness (QED) is 0.799. The topological polar surface area (TPSA) is 50.1 Å². The maximum atomic E-state index is 11.9. The molecule has 92 valence electrons. The number of fused-ring (bicyclic) bond motifs is 1. The Balaban J connectivity index is 1.76. The molecule has 1 aromatic carbocycles. The number of ether oxygens (including phenoxy) is 1. The average molecular weight is 241 g/mol. The van der Waals surface area contributed by atoms with Gasteiger partial charge in [-0.2, -0.15) is 5.26 Å². The van der Waals surface area contributed by atoms with Gasteiger partial charge in [-0.15, -0.1) is 0 Å². The highest BCUT2D eigenvalue weighted by molar-refractivity contribution is 5.89. The number of para-hydroxylation sites is 1. The van der Waals surface area contributed by atoms with E-state index in [-0.39, 0.29) is 11.9 Å². The van der Waals surface area contributed by atoms with Crippen molar-refractivity contribution in [1.82, 2.24) is 0 Å². The second-order valence-electron chi connectivity index (χ2n) is 5.23. The summed E-state index contributed by atoms with van der Waals surface area (Å²) in [7, 11) is 0. The molecule has 0 radical (unpaired) electrons. The van der Waals surface area contributed by atoms with Crippen LogP contribution in [0.25, 0.3) is 0 Å². The van der Waals surface area contributed by atoms with E-state index < -0.39 is 5.41 Å². The second kappa shape index (κ2) is 4.13. The van der Waals surface area contributed by atoms with E-state index in [4.69, 9.17) is 4.74 Å². The number of hydrogen-bond acceptors (Lipinski definition) is 3. The molecule has 2 atom stereocenters. The van der Waals surface area contributed by atoms with E-state index >= 15 is 0 Å². The van der Waals surface area contributed by atoms with E-state index in [1.165, 1.54) is 5.56 Å². The van der Waals surface area contributed by atoms with Gasteiger partial charge >= 0.3 is 0 Å². The molecule has 0 saturated heterocycles. The first-order chi connectivity index (χ1) is 8.73. The lowest BCUT2D eigenvalue weighted by Gasteiger charge is -2.22. The Hall–Kier alpha value is -1.82. The van der Waals surface area contributed by atoms with Crippen molar-refractivity contribution in [3.63, 3.8) is 0 Å². The number of nitrogens with zero attached hydrogens (tertiary/aromatic N) is 1. The fourth-order valence-corrected chi connectivity index (χ4v) is 3.07. The summed E-state index contributed by atoms with van der Waals surface area (Å²) in [6, 6.07) is 10.2. The molecule has 0 spiro atoms. The number of ketones is 1. The molecule has 1 fully saturated rings.